The Balaban J connectivity index is 2.00. The van der Waals surface area contributed by atoms with Crippen molar-refractivity contribution in [3.8, 4) is 0 Å². The van der Waals surface area contributed by atoms with Crippen LogP contribution in [0.25, 0.3) is 0 Å². The molecule has 4 heteroatoms. The average Bonchev–Trinajstić information content (AvgIpc) is 2.17. The third kappa shape index (κ3) is 2.43. The van der Waals surface area contributed by atoms with Gasteiger partial charge in [-0.3, -0.25) is 0 Å². The summed E-state index contributed by atoms with van der Waals surface area (Å²) in [6.45, 7) is 6.68. The lowest BCUT2D eigenvalue weighted by Crippen LogP contribution is -2.54. The van der Waals surface area contributed by atoms with Gasteiger partial charge in [-0.1, -0.05) is 0 Å². The van der Waals surface area contributed by atoms with Crippen molar-refractivity contribution in [1.82, 2.24) is 10.2 Å². The Morgan fingerprint density at radius 1 is 1.53 bits per heavy atom. The molecular formula is C11H20N2O2. The quantitative estimate of drug-likeness (QED) is 0.713. The van der Waals surface area contributed by atoms with Gasteiger partial charge in [0.2, 0.25) is 0 Å². The second-order valence-electron chi connectivity index (χ2n) is 5.03. The third-order valence-corrected chi connectivity index (χ3v) is 3.22. The lowest BCUT2D eigenvalue weighted by Gasteiger charge is -2.42. The predicted octanol–water partition coefficient (Wildman–Crippen LogP) is 1.36. The maximum absolute atomic E-state index is 11.7. The molecule has 0 aromatic rings. The van der Waals surface area contributed by atoms with Crippen LogP contribution in [0.3, 0.4) is 0 Å². The number of nitrogens with one attached hydrogen (secondary N) is 1. The van der Waals surface area contributed by atoms with E-state index in [1.54, 1.807) is 0 Å². The monoisotopic (exact) mass is 212 g/mol. The summed E-state index contributed by atoms with van der Waals surface area (Å²) in [5.41, 5.74) is -0.0827. The van der Waals surface area contributed by atoms with E-state index in [1.807, 2.05) is 4.90 Å². The number of amides is 2. The van der Waals surface area contributed by atoms with Crippen LogP contribution in [0.4, 0.5) is 4.79 Å². The molecule has 2 aliphatic heterocycles. The van der Waals surface area contributed by atoms with Crippen molar-refractivity contribution in [3.63, 3.8) is 0 Å². The van der Waals surface area contributed by atoms with Gasteiger partial charge < -0.3 is 15.0 Å². The smallest absolute Gasteiger partial charge is 0.317 e. The minimum atomic E-state index is -0.0827. The van der Waals surface area contributed by atoms with Crippen LogP contribution in [-0.4, -0.2) is 42.3 Å². The van der Waals surface area contributed by atoms with Crippen LogP contribution in [0.2, 0.25) is 0 Å². The summed E-state index contributed by atoms with van der Waals surface area (Å²) >= 11 is 0. The first kappa shape index (κ1) is 10.7. The summed E-state index contributed by atoms with van der Waals surface area (Å²) in [6, 6.07) is 0.456. The first-order valence-corrected chi connectivity index (χ1v) is 5.77. The predicted molar refractivity (Wildman–Crippen MR) is 57.8 cm³/mol. The average molecular weight is 212 g/mol. The molecule has 2 fully saturated rings. The highest BCUT2D eigenvalue weighted by molar-refractivity contribution is 5.75. The number of ether oxygens (including phenoxy) is 1. The molecule has 0 aliphatic carbocycles. The third-order valence-electron chi connectivity index (χ3n) is 3.22. The van der Waals surface area contributed by atoms with Crippen molar-refractivity contribution < 1.29 is 9.53 Å². The molecule has 0 spiro atoms. The summed E-state index contributed by atoms with van der Waals surface area (Å²) in [5, 5.41) is 2.90. The maximum atomic E-state index is 11.7. The van der Waals surface area contributed by atoms with Crippen LogP contribution in [0.5, 0.6) is 0 Å². The van der Waals surface area contributed by atoms with Crippen LogP contribution in [0.1, 0.15) is 33.1 Å². The first-order chi connectivity index (χ1) is 7.08. The lowest BCUT2D eigenvalue weighted by atomic mass is 9.92. The number of hydrogen-bond donors (Lipinski definition) is 1. The van der Waals surface area contributed by atoms with Crippen molar-refractivity contribution >= 4 is 6.03 Å². The molecule has 0 saturated carbocycles. The fourth-order valence-electron chi connectivity index (χ4n) is 2.46. The molecule has 1 N–H and O–H groups in total. The van der Waals surface area contributed by atoms with Crippen LogP contribution in [-0.2, 0) is 4.74 Å². The Morgan fingerprint density at radius 3 is 3.00 bits per heavy atom. The number of carbonyl (C=O) groups is 1. The zero-order valence-electron chi connectivity index (χ0n) is 9.58. The molecule has 0 radical (unpaired) electrons. The van der Waals surface area contributed by atoms with E-state index in [1.165, 1.54) is 0 Å². The van der Waals surface area contributed by atoms with E-state index < -0.39 is 0 Å². The summed E-state index contributed by atoms with van der Waals surface area (Å²) < 4.78 is 5.66. The Bertz CT molecular complexity index is 253. The van der Waals surface area contributed by atoms with Gasteiger partial charge in [-0.25, -0.2) is 4.79 Å². The summed E-state index contributed by atoms with van der Waals surface area (Å²) in [5.74, 6) is 0. The number of rotatable bonds is 1. The zero-order chi connectivity index (χ0) is 10.9. The van der Waals surface area contributed by atoms with E-state index in [9.17, 15) is 4.79 Å². The molecule has 2 saturated heterocycles. The van der Waals surface area contributed by atoms with E-state index in [-0.39, 0.29) is 11.6 Å². The fraction of sp³-hybridized carbons (Fsp3) is 0.909. The zero-order valence-corrected chi connectivity index (χ0v) is 9.58. The molecule has 2 aliphatic rings. The second kappa shape index (κ2) is 4.00. The Morgan fingerprint density at radius 2 is 2.33 bits per heavy atom. The van der Waals surface area contributed by atoms with Crippen molar-refractivity contribution in [2.45, 2.75) is 44.8 Å². The molecule has 86 valence electrons. The van der Waals surface area contributed by atoms with Gasteiger partial charge in [0.1, 0.15) is 0 Å². The summed E-state index contributed by atoms with van der Waals surface area (Å²) in [6.07, 6.45) is 2.97. The molecule has 2 heterocycles. The van der Waals surface area contributed by atoms with Crippen LogP contribution < -0.4 is 5.32 Å². The number of urea groups is 1. The molecule has 4 nitrogen and oxygen atoms in total. The number of carbonyl (C=O) groups excluding carboxylic acids is 1. The second-order valence-corrected chi connectivity index (χ2v) is 5.03. The highest BCUT2D eigenvalue weighted by atomic mass is 16.5. The highest BCUT2D eigenvalue weighted by Gasteiger charge is 2.34. The van der Waals surface area contributed by atoms with Crippen molar-refractivity contribution in [2.75, 3.05) is 19.7 Å². The van der Waals surface area contributed by atoms with Gasteiger partial charge in [0.15, 0.2) is 0 Å². The van der Waals surface area contributed by atoms with Gasteiger partial charge in [-0.05, 0) is 33.1 Å². The van der Waals surface area contributed by atoms with Crippen LogP contribution in [0, 0.1) is 0 Å². The van der Waals surface area contributed by atoms with Crippen LogP contribution in [0.15, 0.2) is 0 Å². The molecule has 1 unspecified atom stereocenters. The fourth-order valence-corrected chi connectivity index (χ4v) is 2.46. The Labute approximate surface area is 91.0 Å². The summed E-state index contributed by atoms with van der Waals surface area (Å²) in [7, 11) is 0. The molecule has 0 aromatic heterocycles. The molecule has 0 bridgehead atoms. The SMILES string of the molecule is CC1(C)CC(N2CCCNC2=O)CCO1. The molecule has 15 heavy (non-hydrogen) atoms. The van der Waals surface area contributed by atoms with Gasteiger partial charge in [0.05, 0.1) is 5.60 Å². The van der Waals surface area contributed by atoms with E-state index >= 15 is 0 Å². The van der Waals surface area contributed by atoms with E-state index in [2.05, 4.69) is 19.2 Å². The van der Waals surface area contributed by atoms with Crippen molar-refractivity contribution in [2.24, 2.45) is 0 Å². The maximum Gasteiger partial charge on any atom is 0.317 e. The van der Waals surface area contributed by atoms with E-state index in [0.29, 0.717) is 6.04 Å². The van der Waals surface area contributed by atoms with Gasteiger partial charge in [0.25, 0.3) is 0 Å². The van der Waals surface area contributed by atoms with Gasteiger partial charge in [-0.2, -0.15) is 0 Å². The van der Waals surface area contributed by atoms with Crippen molar-refractivity contribution in [3.05, 3.63) is 0 Å². The molecule has 2 amide bonds. The van der Waals surface area contributed by atoms with Crippen molar-refractivity contribution in [1.29, 1.82) is 0 Å². The molecular weight excluding hydrogens is 192 g/mol. The van der Waals surface area contributed by atoms with E-state index in [4.69, 9.17) is 4.74 Å². The molecule has 2 rings (SSSR count). The molecule has 0 aromatic carbocycles. The number of nitrogens with zero attached hydrogens (tertiary/aromatic N) is 1. The van der Waals surface area contributed by atoms with Gasteiger partial charge >= 0.3 is 6.03 Å². The topological polar surface area (TPSA) is 41.6 Å². The standard InChI is InChI=1S/C11H20N2O2/c1-11(2)8-9(4-7-15-11)13-6-3-5-12-10(13)14/h9H,3-8H2,1-2H3,(H,12,14). The summed E-state index contributed by atoms with van der Waals surface area (Å²) in [4.78, 5) is 13.7. The highest BCUT2D eigenvalue weighted by Crippen LogP contribution is 2.27. The van der Waals surface area contributed by atoms with E-state index in [0.717, 1.165) is 39.0 Å². The Hall–Kier alpha value is -0.770. The largest absolute Gasteiger partial charge is 0.375 e. The minimum absolute atomic E-state index is 0.0827. The van der Waals surface area contributed by atoms with Crippen LogP contribution >= 0.6 is 0 Å². The lowest BCUT2D eigenvalue weighted by molar-refractivity contribution is -0.0777. The molecule has 1 atom stereocenters. The Kier molecular flexibility index (Phi) is 2.87. The normalized spacial score (nSPS) is 31.2. The van der Waals surface area contributed by atoms with Gasteiger partial charge in [-0.15, -0.1) is 0 Å². The first-order valence-electron chi connectivity index (χ1n) is 5.77. The minimum Gasteiger partial charge on any atom is -0.375 e. The number of hydrogen-bond acceptors (Lipinski definition) is 2. The van der Waals surface area contributed by atoms with Gasteiger partial charge in [0, 0.05) is 25.7 Å².